The van der Waals surface area contributed by atoms with Gasteiger partial charge in [-0.05, 0) is 29.8 Å². The van der Waals surface area contributed by atoms with Gasteiger partial charge in [-0.25, -0.2) is 0 Å². The summed E-state index contributed by atoms with van der Waals surface area (Å²) in [5.74, 6) is 0. The summed E-state index contributed by atoms with van der Waals surface area (Å²) >= 11 is 0. The molecule has 0 bridgehead atoms. The van der Waals surface area contributed by atoms with Crippen LogP contribution in [-0.4, -0.2) is 0 Å². The zero-order chi connectivity index (χ0) is 8.32. The first kappa shape index (κ1) is 8.00. The lowest BCUT2D eigenvalue weighted by molar-refractivity contribution is 0.381. The summed E-state index contributed by atoms with van der Waals surface area (Å²) in [4.78, 5) is 10.3. The van der Waals surface area contributed by atoms with Crippen LogP contribution in [0.3, 0.4) is 0 Å². The highest BCUT2D eigenvalue weighted by Crippen LogP contribution is 2.36. The monoisotopic (exact) mass is 149 g/mol. The van der Waals surface area contributed by atoms with Crippen molar-refractivity contribution in [1.29, 1.82) is 0 Å². The Morgan fingerprint density at radius 3 is 3.00 bits per heavy atom. The second-order valence-corrected chi connectivity index (χ2v) is 3.03. The SMILES string of the molecule is CCC1(C)CC=C=C=C1N=O. The molecule has 0 aliphatic heterocycles. The molecule has 0 aromatic carbocycles. The summed E-state index contributed by atoms with van der Waals surface area (Å²) < 4.78 is 0. The highest BCUT2D eigenvalue weighted by atomic mass is 16.3. The molecule has 1 rings (SSSR count). The van der Waals surface area contributed by atoms with E-state index in [4.69, 9.17) is 0 Å². The largest absolute Gasteiger partial charge is 0.144 e. The highest BCUT2D eigenvalue weighted by Gasteiger charge is 2.28. The molecule has 1 aliphatic rings. The second kappa shape index (κ2) is 2.87. The Bertz CT molecular complexity index is 267. The Morgan fingerprint density at radius 1 is 1.82 bits per heavy atom. The smallest absolute Gasteiger partial charge is 0.141 e. The molecule has 11 heavy (non-hydrogen) atoms. The average Bonchev–Trinajstić information content (AvgIpc) is 2.05. The van der Waals surface area contributed by atoms with Gasteiger partial charge in [0.1, 0.15) is 5.70 Å². The minimum Gasteiger partial charge on any atom is -0.144 e. The van der Waals surface area contributed by atoms with Crippen molar-refractivity contribution >= 4 is 0 Å². The van der Waals surface area contributed by atoms with E-state index in [0.717, 1.165) is 12.8 Å². The van der Waals surface area contributed by atoms with Gasteiger partial charge in [0.15, 0.2) is 0 Å². The predicted octanol–water partition coefficient (Wildman–Crippen LogP) is 2.77. The van der Waals surface area contributed by atoms with Crippen LogP contribution in [0.4, 0.5) is 0 Å². The maximum absolute atomic E-state index is 10.3. The fraction of sp³-hybridized carbons (Fsp3) is 0.556. The molecule has 1 unspecified atom stereocenters. The van der Waals surface area contributed by atoms with Crippen molar-refractivity contribution in [2.75, 3.05) is 0 Å². The summed E-state index contributed by atoms with van der Waals surface area (Å²) in [5, 5.41) is 2.94. The lowest BCUT2D eigenvalue weighted by Crippen LogP contribution is -2.16. The van der Waals surface area contributed by atoms with Gasteiger partial charge in [0.05, 0.1) is 0 Å². The van der Waals surface area contributed by atoms with Gasteiger partial charge in [-0.3, -0.25) is 0 Å². The molecule has 0 amide bonds. The van der Waals surface area contributed by atoms with Crippen molar-refractivity contribution in [3.63, 3.8) is 0 Å². The topological polar surface area (TPSA) is 29.4 Å². The van der Waals surface area contributed by atoms with Crippen LogP contribution >= 0.6 is 0 Å². The van der Waals surface area contributed by atoms with Crippen LogP contribution < -0.4 is 0 Å². The van der Waals surface area contributed by atoms with E-state index in [1.165, 1.54) is 0 Å². The minimum absolute atomic E-state index is 0.104. The van der Waals surface area contributed by atoms with E-state index in [0.29, 0.717) is 5.70 Å². The molecule has 2 nitrogen and oxygen atoms in total. The van der Waals surface area contributed by atoms with Crippen LogP contribution in [-0.2, 0) is 0 Å². The van der Waals surface area contributed by atoms with E-state index in [9.17, 15) is 4.91 Å². The van der Waals surface area contributed by atoms with Crippen molar-refractivity contribution in [1.82, 2.24) is 0 Å². The van der Waals surface area contributed by atoms with Gasteiger partial charge < -0.3 is 0 Å². The standard InChI is InChI=1S/C9H11NO/c1-3-9(2)7-5-4-6-8(9)10-11/h5H,3,7H2,1-2H3. The molecule has 0 N–H and O–H groups in total. The molecule has 58 valence electrons. The normalized spacial score (nSPS) is 28.4. The van der Waals surface area contributed by atoms with Crippen LogP contribution in [0, 0.1) is 10.3 Å². The number of allylic oxidation sites excluding steroid dienone is 2. The van der Waals surface area contributed by atoms with Gasteiger partial charge in [0.25, 0.3) is 0 Å². The van der Waals surface area contributed by atoms with Crippen molar-refractivity contribution in [3.05, 3.63) is 28.1 Å². The molecule has 0 heterocycles. The first-order valence-electron chi connectivity index (χ1n) is 3.77. The number of rotatable bonds is 2. The van der Waals surface area contributed by atoms with Crippen molar-refractivity contribution in [3.8, 4) is 0 Å². The van der Waals surface area contributed by atoms with Crippen LogP contribution in [0.5, 0.6) is 0 Å². The quantitative estimate of drug-likeness (QED) is 0.438. The predicted molar refractivity (Wildman–Crippen MR) is 43.9 cm³/mol. The number of hydrogen-bond donors (Lipinski definition) is 0. The van der Waals surface area contributed by atoms with E-state index >= 15 is 0 Å². The van der Waals surface area contributed by atoms with Crippen molar-refractivity contribution in [2.45, 2.75) is 26.7 Å². The molecule has 0 radical (unpaired) electrons. The zero-order valence-electron chi connectivity index (χ0n) is 6.85. The Balaban J connectivity index is 3.08. The maximum atomic E-state index is 10.3. The highest BCUT2D eigenvalue weighted by molar-refractivity contribution is 5.16. The van der Waals surface area contributed by atoms with Gasteiger partial charge in [-0.15, -0.1) is 4.91 Å². The van der Waals surface area contributed by atoms with Crippen LogP contribution in [0.1, 0.15) is 26.7 Å². The summed E-state index contributed by atoms with van der Waals surface area (Å²) in [5.41, 5.74) is 5.91. The molecule has 0 spiro atoms. The summed E-state index contributed by atoms with van der Waals surface area (Å²) in [6.45, 7) is 4.07. The summed E-state index contributed by atoms with van der Waals surface area (Å²) in [6.07, 6.45) is 3.66. The Labute approximate surface area is 66.3 Å². The van der Waals surface area contributed by atoms with Crippen molar-refractivity contribution < 1.29 is 0 Å². The van der Waals surface area contributed by atoms with Crippen LogP contribution in [0.15, 0.2) is 28.4 Å². The zero-order valence-corrected chi connectivity index (χ0v) is 6.85. The molecule has 2 heteroatoms. The molecule has 1 atom stereocenters. The molecule has 0 saturated carbocycles. The number of nitrogens with zero attached hydrogens (tertiary/aromatic N) is 1. The fourth-order valence-corrected chi connectivity index (χ4v) is 1.09. The third kappa shape index (κ3) is 1.32. The first-order chi connectivity index (χ1) is 5.23. The van der Waals surface area contributed by atoms with E-state index in [-0.39, 0.29) is 5.41 Å². The Hall–Kier alpha value is -1.10. The van der Waals surface area contributed by atoms with Gasteiger partial charge in [0, 0.05) is 5.41 Å². The number of nitroso groups, excluding NO2 is 1. The van der Waals surface area contributed by atoms with Crippen LogP contribution in [0.2, 0.25) is 0 Å². The lowest BCUT2D eigenvalue weighted by Gasteiger charge is -2.24. The van der Waals surface area contributed by atoms with Gasteiger partial charge in [0.2, 0.25) is 0 Å². The summed E-state index contributed by atoms with van der Waals surface area (Å²) in [7, 11) is 0. The summed E-state index contributed by atoms with van der Waals surface area (Å²) in [6, 6.07) is 0. The maximum Gasteiger partial charge on any atom is 0.141 e. The van der Waals surface area contributed by atoms with Crippen molar-refractivity contribution in [2.24, 2.45) is 10.6 Å². The van der Waals surface area contributed by atoms with Gasteiger partial charge in [-0.2, -0.15) is 0 Å². The lowest BCUT2D eigenvalue weighted by atomic mass is 9.80. The third-order valence-corrected chi connectivity index (χ3v) is 2.29. The van der Waals surface area contributed by atoms with Gasteiger partial charge in [-0.1, -0.05) is 19.6 Å². The molecule has 0 aromatic rings. The van der Waals surface area contributed by atoms with E-state index in [1.807, 2.05) is 19.9 Å². The third-order valence-electron chi connectivity index (χ3n) is 2.29. The molecular formula is C9H11NO. The molecule has 0 saturated heterocycles. The number of hydrogen-bond acceptors (Lipinski definition) is 2. The molecule has 1 aliphatic carbocycles. The fourth-order valence-electron chi connectivity index (χ4n) is 1.09. The molecule has 0 fully saturated rings. The second-order valence-electron chi connectivity index (χ2n) is 3.03. The van der Waals surface area contributed by atoms with Crippen LogP contribution in [0.25, 0.3) is 0 Å². The van der Waals surface area contributed by atoms with E-state index < -0.39 is 0 Å². The molecular weight excluding hydrogens is 138 g/mol. The van der Waals surface area contributed by atoms with Gasteiger partial charge >= 0.3 is 0 Å². The first-order valence-corrected chi connectivity index (χ1v) is 3.77. The Kier molecular flexibility index (Phi) is 2.09. The average molecular weight is 149 g/mol. The van der Waals surface area contributed by atoms with E-state index in [2.05, 4.69) is 16.6 Å². The van der Waals surface area contributed by atoms with E-state index in [1.54, 1.807) is 0 Å². The molecule has 0 aromatic heterocycles. The Morgan fingerprint density at radius 2 is 2.55 bits per heavy atom. The minimum atomic E-state index is -0.104.